The molecule has 3 rings (SSSR count). The van der Waals surface area contributed by atoms with Crippen LogP contribution < -0.4 is 10.6 Å². The van der Waals surface area contributed by atoms with Gasteiger partial charge in [-0.3, -0.25) is 14.4 Å². The van der Waals surface area contributed by atoms with Gasteiger partial charge in [0, 0.05) is 17.5 Å². The van der Waals surface area contributed by atoms with Crippen molar-refractivity contribution in [3.8, 4) is 6.07 Å². The quantitative estimate of drug-likeness (QED) is 0.256. The zero-order valence-electron chi connectivity index (χ0n) is 16.3. The zero-order chi connectivity index (χ0) is 22.6. The van der Waals surface area contributed by atoms with Crippen LogP contribution in [-0.4, -0.2) is 29.9 Å². The number of ketones is 1. The smallest absolute Gasteiger partial charge is 0.310 e. The van der Waals surface area contributed by atoms with Gasteiger partial charge in [-0.15, -0.1) is 0 Å². The Morgan fingerprint density at radius 3 is 2.39 bits per heavy atom. The molecule has 0 aliphatic heterocycles. The average molecular weight is 457 g/mol. The summed E-state index contributed by atoms with van der Waals surface area (Å²) in [5.74, 6) is -2.34. The molecule has 0 bridgehead atoms. The van der Waals surface area contributed by atoms with E-state index < -0.39 is 23.0 Å². The average Bonchev–Trinajstić information content (AvgIpc) is 3.58. The first-order chi connectivity index (χ1) is 14.8. The number of hydrogen-bond donors (Lipinski definition) is 3. The highest BCUT2D eigenvalue weighted by atomic mass is 35.5. The van der Waals surface area contributed by atoms with Crippen LogP contribution in [0.25, 0.3) is 0 Å². The lowest BCUT2D eigenvalue weighted by Gasteiger charge is -2.19. The molecule has 1 fully saturated rings. The minimum absolute atomic E-state index is 0.0844. The summed E-state index contributed by atoms with van der Waals surface area (Å²) < 4.78 is 0. The maximum atomic E-state index is 13.2. The van der Waals surface area contributed by atoms with E-state index in [4.69, 9.17) is 33.9 Å². The van der Waals surface area contributed by atoms with Gasteiger partial charge in [0.1, 0.15) is 6.54 Å². The van der Waals surface area contributed by atoms with Crippen molar-refractivity contribution in [2.75, 3.05) is 6.54 Å². The van der Waals surface area contributed by atoms with E-state index in [2.05, 4.69) is 10.6 Å². The first-order valence-electron chi connectivity index (χ1n) is 9.41. The molecule has 2 amide bonds. The lowest BCUT2D eigenvalue weighted by atomic mass is 9.85. The van der Waals surface area contributed by atoms with Crippen molar-refractivity contribution in [2.45, 2.75) is 24.8 Å². The first kappa shape index (κ1) is 22.5. The standard InChI is InChI=1S/C22H18Cl2N4O3/c23-16-7-3-6-15(17(16)24)22(8-9-22)19(26)18(29)14-5-2-1-4-13(14)12-28-21(31)20(30)27-11-10-25/h1-7,26H,8-9,11-12H2,(H,27,30)(H,28,31). The van der Waals surface area contributed by atoms with Gasteiger partial charge in [-0.2, -0.15) is 5.26 Å². The summed E-state index contributed by atoms with van der Waals surface area (Å²) in [6.45, 7) is -0.369. The molecule has 2 aromatic carbocycles. The third-order valence-corrected chi connectivity index (χ3v) is 5.98. The molecule has 158 valence electrons. The predicted molar refractivity (Wildman–Crippen MR) is 116 cm³/mol. The Kier molecular flexibility index (Phi) is 6.74. The molecule has 31 heavy (non-hydrogen) atoms. The lowest BCUT2D eigenvalue weighted by Crippen LogP contribution is -2.40. The fourth-order valence-corrected chi connectivity index (χ4v) is 3.84. The number of carbonyl (C=O) groups excluding carboxylic acids is 3. The number of amides is 2. The molecule has 3 N–H and O–H groups in total. The largest absolute Gasteiger partial charge is 0.344 e. The molecule has 0 saturated heterocycles. The number of halogens is 2. The van der Waals surface area contributed by atoms with E-state index >= 15 is 0 Å². The van der Waals surface area contributed by atoms with E-state index in [1.54, 1.807) is 48.5 Å². The Morgan fingerprint density at radius 2 is 1.71 bits per heavy atom. The fourth-order valence-electron chi connectivity index (χ4n) is 3.36. The first-order valence-corrected chi connectivity index (χ1v) is 10.2. The van der Waals surface area contributed by atoms with Crippen LogP contribution in [-0.2, 0) is 21.5 Å². The van der Waals surface area contributed by atoms with Crippen LogP contribution in [0.2, 0.25) is 10.0 Å². The molecule has 0 aromatic heterocycles. The third kappa shape index (κ3) is 4.61. The van der Waals surface area contributed by atoms with Gasteiger partial charge in [-0.25, -0.2) is 0 Å². The predicted octanol–water partition coefficient (Wildman–Crippen LogP) is 3.18. The normalized spacial score (nSPS) is 13.6. The van der Waals surface area contributed by atoms with Crippen molar-refractivity contribution < 1.29 is 14.4 Å². The van der Waals surface area contributed by atoms with Crippen LogP contribution in [0, 0.1) is 16.7 Å². The van der Waals surface area contributed by atoms with Crippen molar-refractivity contribution in [3.63, 3.8) is 0 Å². The van der Waals surface area contributed by atoms with Gasteiger partial charge in [0.2, 0.25) is 5.78 Å². The molecule has 0 atom stereocenters. The second-order valence-electron chi connectivity index (χ2n) is 7.07. The van der Waals surface area contributed by atoms with Crippen LogP contribution in [0.1, 0.15) is 34.3 Å². The Labute approximate surface area is 188 Å². The minimum atomic E-state index is -0.939. The second kappa shape index (κ2) is 9.29. The molecular weight excluding hydrogens is 439 g/mol. The van der Waals surface area contributed by atoms with Crippen molar-refractivity contribution >= 4 is 46.5 Å². The summed E-state index contributed by atoms with van der Waals surface area (Å²) >= 11 is 12.5. The van der Waals surface area contributed by atoms with Gasteiger partial charge in [0.15, 0.2) is 0 Å². The van der Waals surface area contributed by atoms with E-state index in [-0.39, 0.29) is 24.4 Å². The summed E-state index contributed by atoms with van der Waals surface area (Å²) in [5, 5.41) is 22.4. The fraction of sp³-hybridized carbons (Fsp3) is 0.227. The van der Waals surface area contributed by atoms with Crippen molar-refractivity contribution in [1.82, 2.24) is 10.6 Å². The van der Waals surface area contributed by atoms with Gasteiger partial charge < -0.3 is 16.0 Å². The highest BCUT2D eigenvalue weighted by Crippen LogP contribution is 2.52. The summed E-state index contributed by atoms with van der Waals surface area (Å²) in [4.78, 5) is 36.7. The van der Waals surface area contributed by atoms with Gasteiger partial charge in [-0.05, 0) is 30.0 Å². The SMILES string of the molecule is N#CCNC(=O)C(=O)NCc1ccccc1C(=O)C(=N)C1(c2cccc(Cl)c2Cl)CC1. The number of benzene rings is 2. The molecule has 0 heterocycles. The number of hydrogen-bond acceptors (Lipinski definition) is 5. The van der Waals surface area contributed by atoms with Gasteiger partial charge in [0.05, 0.1) is 21.8 Å². The summed E-state index contributed by atoms with van der Waals surface area (Å²) in [6, 6.07) is 13.4. The highest BCUT2D eigenvalue weighted by molar-refractivity contribution is 6.49. The van der Waals surface area contributed by atoms with Gasteiger partial charge >= 0.3 is 11.8 Å². The van der Waals surface area contributed by atoms with Crippen LogP contribution >= 0.6 is 23.2 Å². The number of rotatable bonds is 7. The maximum Gasteiger partial charge on any atom is 0.310 e. The lowest BCUT2D eigenvalue weighted by molar-refractivity contribution is -0.139. The highest BCUT2D eigenvalue weighted by Gasteiger charge is 2.52. The van der Waals surface area contributed by atoms with Crippen LogP contribution in [0.5, 0.6) is 0 Å². The monoisotopic (exact) mass is 456 g/mol. The Bertz CT molecular complexity index is 1120. The molecule has 0 spiro atoms. The van der Waals surface area contributed by atoms with E-state index in [1.807, 2.05) is 0 Å². The molecule has 0 radical (unpaired) electrons. The Morgan fingerprint density at radius 1 is 1.03 bits per heavy atom. The van der Waals surface area contributed by atoms with Gasteiger partial charge in [-0.1, -0.05) is 59.6 Å². The number of nitrogens with one attached hydrogen (secondary N) is 3. The van der Waals surface area contributed by atoms with Crippen molar-refractivity contribution in [2.24, 2.45) is 0 Å². The van der Waals surface area contributed by atoms with Crippen LogP contribution in [0.4, 0.5) is 0 Å². The molecule has 9 heteroatoms. The van der Waals surface area contributed by atoms with E-state index in [0.717, 1.165) is 0 Å². The number of nitrogens with zero attached hydrogens (tertiary/aromatic N) is 1. The van der Waals surface area contributed by atoms with Crippen molar-refractivity contribution in [3.05, 3.63) is 69.2 Å². The van der Waals surface area contributed by atoms with E-state index in [9.17, 15) is 14.4 Å². The topological polar surface area (TPSA) is 123 Å². The molecule has 1 aliphatic rings. The third-order valence-electron chi connectivity index (χ3n) is 5.16. The Hall–Kier alpha value is -3.21. The summed E-state index contributed by atoms with van der Waals surface area (Å²) in [5.41, 5.74) is 0.496. The second-order valence-corrected chi connectivity index (χ2v) is 7.85. The van der Waals surface area contributed by atoms with E-state index in [1.165, 1.54) is 0 Å². The van der Waals surface area contributed by atoms with E-state index in [0.29, 0.717) is 34.0 Å². The van der Waals surface area contributed by atoms with Crippen LogP contribution in [0.15, 0.2) is 42.5 Å². The number of nitriles is 1. The Balaban J connectivity index is 1.79. The van der Waals surface area contributed by atoms with Gasteiger partial charge in [0.25, 0.3) is 0 Å². The number of carbonyl (C=O) groups is 3. The molecular formula is C22H18Cl2N4O3. The summed E-state index contributed by atoms with van der Waals surface area (Å²) in [7, 11) is 0. The van der Waals surface area contributed by atoms with Crippen LogP contribution in [0.3, 0.4) is 0 Å². The molecule has 0 unspecified atom stereocenters. The summed E-state index contributed by atoms with van der Waals surface area (Å²) in [6.07, 6.45) is 1.21. The van der Waals surface area contributed by atoms with Crippen molar-refractivity contribution in [1.29, 1.82) is 10.7 Å². The zero-order valence-corrected chi connectivity index (χ0v) is 17.8. The molecule has 2 aromatic rings. The minimum Gasteiger partial charge on any atom is -0.344 e. The molecule has 1 aliphatic carbocycles. The molecule has 7 nitrogen and oxygen atoms in total. The molecule has 1 saturated carbocycles. The maximum absolute atomic E-state index is 13.2. The number of Topliss-reactive ketones (excluding diaryl/α,β-unsaturated/α-hetero) is 1.